The lowest BCUT2D eigenvalue weighted by atomic mass is 10.1. The topological polar surface area (TPSA) is 92.9 Å². The highest BCUT2D eigenvalue weighted by atomic mass is 16.1. The van der Waals surface area contributed by atoms with Gasteiger partial charge in [0, 0.05) is 30.0 Å². The molecule has 0 unspecified atom stereocenters. The summed E-state index contributed by atoms with van der Waals surface area (Å²) in [7, 11) is 0. The summed E-state index contributed by atoms with van der Waals surface area (Å²) in [5, 5.41) is 6.14. The van der Waals surface area contributed by atoms with Crippen molar-refractivity contribution in [2.24, 2.45) is 0 Å². The number of nitrogens with two attached hydrogens (primary N) is 1. The molecule has 4 N–H and O–H groups in total. The number of anilines is 2. The first-order valence-electron chi connectivity index (χ1n) is 7.45. The summed E-state index contributed by atoms with van der Waals surface area (Å²) in [5.74, 6) is 2.57. The third kappa shape index (κ3) is 4.58. The van der Waals surface area contributed by atoms with E-state index in [-0.39, 0.29) is 11.4 Å². The summed E-state index contributed by atoms with van der Waals surface area (Å²) in [5.41, 5.74) is 6.57. The van der Waals surface area contributed by atoms with Crippen molar-refractivity contribution in [3.63, 3.8) is 0 Å². The quantitative estimate of drug-likeness (QED) is 0.771. The van der Waals surface area contributed by atoms with Gasteiger partial charge in [0.15, 0.2) is 0 Å². The predicted octanol–water partition coefficient (Wildman–Crippen LogP) is 1.96. The fraction of sp³-hybridized carbons (Fsp3) is 0.667. The average Bonchev–Trinajstić information content (AvgIpc) is 3.16. The number of carbonyl (C=O) groups is 1. The van der Waals surface area contributed by atoms with Crippen molar-refractivity contribution in [2.45, 2.75) is 58.4 Å². The van der Waals surface area contributed by atoms with Crippen LogP contribution in [0.2, 0.25) is 0 Å². The molecule has 1 amide bonds. The minimum absolute atomic E-state index is 0.0251. The van der Waals surface area contributed by atoms with Crippen molar-refractivity contribution < 1.29 is 4.79 Å². The number of hydrogen-bond acceptors (Lipinski definition) is 5. The lowest BCUT2D eigenvalue weighted by Crippen LogP contribution is -2.41. The van der Waals surface area contributed by atoms with Crippen LogP contribution in [0.15, 0.2) is 0 Å². The van der Waals surface area contributed by atoms with Crippen LogP contribution in [0.25, 0.3) is 0 Å². The number of carbonyl (C=O) groups excluding carboxylic acids is 1. The smallest absolute Gasteiger partial charge is 0.222 e. The summed E-state index contributed by atoms with van der Waals surface area (Å²) in [6.45, 7) is 8.33. The maximum Gasteiger partial charge on any atom is 0.222 e. The van der Waals surface area contributed by atoms with E-state index >= 15 is 0 Å². The average molecular weight is 291 g/mol. The molecule has 0 spiro atoms. The van der Waals surface area contributed by atoms with Crippen LogP contribution in [-0.4, -0.2) is 28.0 Å². The molecule has 116 valence electrons. The predicted molar refractivity (Wildman–Crippen MR) is 84.2 cm³/mol. The first-order chi connectivity index (χ1) is 9.76. The molecule has 6 nitrogen and oxygen atoms in total. The third-order valence-electron chi connectivity index (χ3n) is 3.30. The Labute approximate surface area is 125 Å². The summed E-state index contributed by atoms with van der Waals surface area (Å²) < 4.78 is 0. The van der Waals surface area contributed by atoms with E-state index in [0.717, 1.165) is 30.0 Å². The monoisotopic (exact) mass is 291 g/mol. The van der Waals surface area contributed by atoms with E-state index in [9.17, 15) is 4.79 Å². The van der Waals surface area contributed by atoms with Gasteiger partial charge in [-0.3, -0.25) is 4.79 Å². The van der Waals surface area contributed by atoms with Crippen LogP contribution in [-0.2, 0) is 4.79 Å². The van der Waals surface area contributed by atoms with Gasteiger partial charge in [-0.2, -0.15) is 0 Å². The molecule has 1 aromatic heterocycles. The van der Waals surface area contributed by atoms with E-state index in [1.54, 1.807) is 0 Å². The molecule has 0 aromatic carbocycles. The minimum Gasteiger partial charge on any atom is -0.383 e. The normalized spacial score (nSPS) is 14.9. The molecule has 1 aromatic rings. The number of rotatable bonds is 5. The SMILES string of the molecule is Cc1c(N)nc(C2CC2)nc1NCCC(=O)NC(C)(C)C. The molecule has 0 atom stereocenters. The molecule has 2 rings (SSSR count). The first-order valence-corrected chi connectivity index (χ1v) is 7.45. The Morgan fingerprint density at radius 3 is 2.57 bits per heavy atom. The third-order valence-corrected chi connectivity index (χ3v) is 3.30. The van der Waals surface area contributed by atoms with Gasteiger partial charge in [-0.1, -0.05) is 0 Å². The molecule has 0 saturated heterocycles. The van der Waals surface area contributed by atoms with Gasteiger partial charge in [-0.15, -0.1) is 0 Å². The zero-order valence-electron chi connectivity index (χ0n) is 13.3. The van der Waals surface area contributed by atoms with Crippen LogP contribution in [0.4, 0.5) is 11.6 Å². The zero-order chi connectivity index (χ0) is 15.6. The molecule has 6 heteroatoms. The number of nitrogens with zero attached hydrogens (tertiary/aromatic N) is 2. The van der Waals surface area contributed by atoms with Crippen molar-refractivity contribution in [2.75, 3.05) is 17.6 Å². The maximum absolute atomic E-state index is 11.8. The molecule has 1 fully saturated rings. The van der Waals surface area contributed by atoms with Crippen LogP contribution < -0.4 is 16.4 Å². The molecule has 1 aliphatic carbocycles. The molecule has 0 bridgehead atoms. The van der Waals surface area contributed by atoms with Crippen molar-refractivity contribution in [1.82, 2.24) is 15.3 Å². The maximum atomic E-state index is 11.8. The molecule has 1 aliphatic rings. The highest BCUT2D eigenvalue weighted by molar-refractivity contribution is 5.77. The molecule has 0 aliphatic heterocycles. The molecule has 0 radical (unpaired) electrons. The van der Waals surface area contributed by atoms with E-state index in [0.29, 0.717) is 24.7 Å². The van der Waals surface area contributed by atoms with Gasteiger partial charge in [0.2, 0.25) is 5.91 Å². The van der Waals surface area contributed by atoms with Crippen molar-refractivity contribution >= 4 is 17.5 Å². The Bertz CT molecular complexity index is 532. The zero-order valence-corrected chi connectivity index (χ0v) is 13.3. The summed E-state index contributed by atoms with van der Waals surface area (Å²) in [4.78, 5) is 20.6. The van der Waals surface area contributed by atoms with Crippen molar-refractivity contribution in [3.8, 4) is 0 Å². The Hall–Kier alpha value is -1.85. The van der Waals surface area contributed by atoms with Crippen LogP contribution in [0.1, 0.15) is 57.3 Å². The van der Waals surface area contributed by atoms with E-state index in [1.165, 1.54) is 0 Å². The van der Waals surface area contributed by atoms with Gasteiger partial charge < -0.3 is 16.4 Å². The summed E-state index contributed by atoms with van der Waals surface area (Å²) >= 11 is 0. The van der Waals surface area contributed by atoms with Crippen LogP contribution in [0.3, 0.4) is 0 Å². The molecule has 1 heterocycles. The second kappa shape index (κ2) is 5.87. The Morgan fingerprint density at radius 1 is 1.33 bits per heavy atom. The van der Waals surface area contributed by atoms with Gasteiger partial charge in [0.25, 0.3) is 0 Å². The standard InChI is InChI=1S/C15H25N5O/c1-9-12(16)18-14(10-5-6-10)19-13(9)17-8-7-11(21)20-15(2,3)4/h10H,5-8H2,1-4H3,(H,20,21)(H3,16,17,18,19). The van der Waals surface area contributed by atoms with Gasteiger partial charge in [-0.25, -0.2) is 9.97 Å². The number of hydrogen-bond donors (Lipinski definition) is 3. The highest BCUT2D eigenvalue weighted by Crippen LogP contribution is 2.39. The first kappa shape index (κ1) is 15.5. The number of aromatic nitrogens is 2. The fourth-order valence-electron chi connectivity index (χ4n) is 2.02. The van der Waals surface area contributed by atoms with Crippen molar-refractivity contribution in [1.29, 1.82) is 0 Å². The molecular formula is C15H25N5O. The second-order valence-corrected chi connectivity index (χ2v) is 6.69. The summed E-state index contributed by atoms with van der Waals surface area (Å²) in [6, 6.07) is 0. The fourth-order valence-corrected chi connectivity index (χ4v) is 2.02. The lowest BCUT2D eigenvalue weighted by molar-refractivity contribution is -0.122. The van der Waals surface area contributed by atoms with Gasteiger partial charge in [0.1, 0.15) is 17.5 Å². The van der Waals surface area contributed by atoms with Gasteiger partial charge in [-0.05, 0) is 40.5 Å². The number of nitrogens with one attached hydrogen (secondary N) is 2. The molecular weight excluding hydrogens is 266 g/mol. The Morgan fingerprint density at radius 2 is 2.00 bits per heavy atom. The van der Waals surface area contributed by atoms with Crippen LogP contribution in [0.5, 0.6) is 0 Å². The number of nitrogen functional groups attached to an aromatic ring is 1. The van der Waals surface area contributed by atoms with E-state index in [2.05, 4.69) is 20.6 Å². The molecule has 1 saturated carbocycles. The van der Waals surface area contributed by atoms with Gasteiger partial charge >= 0.3 is 0 Å². The van der Waals surface area contributed by atoms with Gasteiger partial charge in [0.05, 0.1) is 0 Å². The minimum atomic E-state index is -0.203. The Kier molecular flexibility index (Phi) is 4.34. The van der Waals surface area contributed by atoms with E-state index in [1.807, 2.05) is 27.7 Å². The largest absolute Gasteiger partial charge is 0.383 e. The lowest BCUT2D eigenvalue weighted by Gasteiger charge is -2.20. The number of amides is 1. The van der Waals surface area contributed by atoms with E-state index in [4.69, 9.17) is 5.73 Å². The van der Waals surface area contributed by atoms with Crippen LogP contribution >= 0.6 is 0 Å². The van der Waals surface area contributed by atoms with Crippen molar-refractivity contribution in [3.05, 3.63) is 11.4 Å². The van der Waals surface area contributed by atoms with E-state index < -0.39 is 0 Å². The second-order valence-electron chi connectivity index (χ2n) is 6.69. The van der Waals surface area contributed by atoms with Crippen LogP contribution in [0, 0.1) is 6.92 Å². The summed E-state index contributed by atoms with van der Waals surface area (Å²) in [6.07, 6.45) is 2.67. The Balaban J connectivity index is 1.92. The molecule has 21 heavy (non-hydrogen) atoms. The highest BCUT2D eigenvalue weighted by Gasteiger charge is 2.27.